The van der Waals surface area contributed by atoms with E-state index < -0.39 is 29.7 Å². The highest BCUT2D eigenvalue weighted by Gasteiger charge is 2.57. The van der Waals surface area contributed by atoms with Crippen LogP contribution in [0.15, 0.2) is 18.2 Å². The highest BCUT2D eigenvalue weighted by molar-refractivity contribution is 5.90. The van der Waals surface area contributed by atoms with Crippen LogP contribution in [0, 0.1) is 17.7 Å². The van der Waals surface area contributed by atoms with Gasteiger partial charge in [0.15, 0.2) is 0 Å². The smallest absolute Gasteiger partial charge is 0.414 e. The number of hydrogen-bond acceptors (Lipinski definition) is 6. The molecule has 0 aromatic heterocycles. The molecule has 29 heavy (non-hydrogen) atoms. The van der Waals surface area contributed by atoms with Crippen molar-refractivity contribution < 1.29 is 28.6 Å². The number of ether oxygens (including phenoxy) is 2. The van der Waals surface area contributed by atoms with E-state index in [9.17, 15) is 14.0 Å². The van der Waals surface area contributed by atoms with Gasteiger partial charge in [0, 0.05) is 31.0 Å². The molecule has 0 radical (unpaired) electrons. The summed E-state index contributed by atoms with van der Waals surface area (Å²) in [6.07, 6.45) is -1.60. The van der Waals surface area contributed by atoms with Gasteiger partial charge >= 0.3 is 12.2 Å². The maximum atomic E-state index is 14.7. The van der Waals surface area contributed by atoms with Crippen LogP contribution in [0.5, 0.6) is 0 Å². The third-order valence-corrected chi connectivity index (χ3v) is 5.54. The van der Waals surface area contributed by atoms with Crippen molar-refractivity contribution in [2.75, 3.05) is 36.0 Å². The summed E-state index contributed by atoms with van der Waals surface area (Å²) >= 11 is 0. The summed E-state index contributed by atoms with van der Waals surface area (Å²) < 4.78 is 25.0. The van der Waals surface area contributed by atoms with E-state index in [0.717, 1.165) is 0 Å². The molecule has 3 aliphatic rings. The third kappa shape index (κ3) is 3.96. The minimum Gasteiger partial charge on any atom is -0.444 e. The number of carbonyl (C=O) groups excluding carboxylic acids is 2. The molecular formula is C20H26FN3O5. The van der Waals surface area contributed by atoms with E-state index in [1.54, 1.807) is 12.1 Å². The van der Waals surface area contributed by atoms with Gasteiger partial charge in [-0.1, -0.05) is 0 Å². The molecule has 1 aromatic carbocycles. The summed E-state index contributed by atoms with van der Waals surface area (Å²) in [7, 11) is 0. The number of fused-ring (bicyclic) bond motifs is 1. The number of halogens is 1. The molecule has 2 heterocycles. The molecule has 3 unspecified atom stereocenters. The van der Waals surface area contributed by atoms with Crippen molar-refractivity contribution in [3.63, 3.8) is 0 Å². The number of aliphatic hydroxyl groups is 1. The molecule has 0 bridgehead atoms. The molecule has 3 fully saturated rings. The van der Waals surface area contributed by atoms with E-state index in [0.29, 0.717) is 24.5 Å². The van der Waals surface area contributed by atoms with Crippen molar-refractivity contribution >= 4 is 23.6 Å². The van der Waals surface area contributed by atoms with Gasteiger partial charge in [0.2, 0.25) is 0 Å². The lowest BCUT2D eigenvalue weighted by atomic mass is 10.2. The number of aliphatic hydroxyl groups excluding tert-OH is 1. The predicted octanol–water partition coefficient (Wildman–Crippen LogP) is 2.10. The summed E-state index contributed by atoms with van der Waals surface area (Å²) in [5, 5.41) is 12.0. The van der Waals surface area contributed by atoms with E-state index >= 15 is 0 Å². The van der Waals surface area contributed by atoms with Crippen LogP contribution in [0.25, 0.3) is 0 Å². The van der Waals surface area contributed by atoms with E-state index in [1.807, 2.05) is 25.7 Å². The Labute approximate surface area is 168 Å². The fraction of sp³-hybridized carbons (Fsp3) is 0.600. The SMILES string of the molecule is CC(C)(C)OC(=O)NC1C2CN(c3ccc(N4CC(CO)OC4=O)cc3F)CC21. The first-order valence-corrected chi connectivity index (χ1v) is 9.79. The summed E-state index contributed by atoms with van der Waals surface area (Å²) in [6, 6.07) is 4.72. The van der Waals surface area contributed by atoms with Crippen molar-refractivity contribution in [1.82, 2.24) is 5.32 Å². The number of rotatable bonds is 4. The van der Waals surface area contributed by atoms with E-state index in [2.05, 4.69) is 5.32 Å². The first-order valence-electron chi connectivity index (χ1n) is 9.79. The zero-order valence-electron chi connectivity index (χ0n) is 16.7. The molecule has 1 aromatic rings. The fourth-order valence-corrected chi connectivity index (χ4v) is 4.13. The molecule has 2 amide bonds. The highest BCUT2D eigenvalue weighted by Crippen LogP contribution is 2.47. The van der Waals surface area contributed by atoms with Crippen LogP contribution >= 0.6 is 0 Å². The molecule has 2 saturated heterocycles. The van der Waals surface area contributed by atoms with E-state index in [1.165, 1.54) is 11.0 Å². The van der Waals surface area contributed by atoms with Crippen molar-refractivity contribution in [3.8, 4) is 0 Å². The Kier molecular flexibility index (Phi) is 4.80. The molecule has 4 rings (SSSR count). The van der Waals surface area contributed by atoms with Gasteiger partial charge in [0.25, 0.3) is 0 Å². The number of hydrogen-bond donors (Lipinski definition) is 2. The van der Waals surface area contributed by atoms with Gasteiger partial charge in [-0.25, -0.2) is 14.0 Å². The molecule has 8 nitrogen and oxygen atoms in total. The number of nitrogens with one attached hydrogen (secondary N) is 1. The molecule has 158 valence electrons. The summed E-state index contributed by atoms with van der Waals surface area (Å²) in [5.41, 5.74) is 0.341. The molecule has 0 spiro atoms. The maximum Gasteiger partial charge on any atom is 0.414 e. The monoisotopic (exact) mass is 407 g/mol. The maximum absolute atomic E-state index is 14.7. The Morgan fingerprint density at radius 2 is 2.00 bits per heavy atom. The second-order valence-electron chi connectivity index (χ2n) is 8.84. The molecule has 9 heteroatoms. The molecular weight excluding hydrogens is 381 g/mol. The Bertz CT molecular complexity index is 815. The van der Waals surface area contributed by atoms with Gasteiger partial charge in [-0.15, -0.1) is 0 Å². The fourth-order valence-electron chi connectivity index (χ4n) is 4.13. The van der Waals surface area contributed by atoms with Gasteiger partial charge in [0.05, 0.1) is 24.5 Å². The standard InChI is InChI=1S/C20H26FN3O5/c1-20(2,3)29-18(26)22-17-13-8-23(9-14(13)17)16-5-4-11(6-15(16)21)24-7-12(10-25)28-19(24)27/h4-6,12-14,17,25H,7-10H2,1-3H3,(H,22,26). The van der Waals surface area contributed by atoms with E-state index in [4.69, 9.17) is 14.6 Å². The Morgan fingerprint density at radius 3 is 2.55 bits per heavy atom. The summed E-state index contributed by atoms with van der Waals surface area (Å²) in [5.74, 6) is 0.140. The Hall–Kier alpha value is -2.55. The highest BCUT2D eigenvalue weighted by atomic mass is 19.1. The first-order chi connectivity index (χ1) is 13.7. The van der Waals surface area contributed by atoms with Crippen LogP contribution in [-0.4, -0.2) is 61.3 Å². The van der Waals surface area contributed by atoms with Gasteiger partial charge in [-0.3, -0.25) is 4.90 Å². The van der Waals surface area contributed by atoms with Gasteiger partial charge in [0.1, 0.15) is 17.5 Å². The van der Waals surface area contributed by atoms with Crippen LogP contribution in [0.1, 0.15) is 20.8 Å². The van der Waals surface area contributed by atoms with Crippen molar-refractivity contribution in [2.24, 2.45) is 11.8 Å². The van der Waals surface area contributed by atoms with Gasteiger partial charge in [-0.05, 0) is 39.0 Å². The first kappa shape index (κ1) is 19.8. The number of amides is 2. The average molecular weight is 407 g/mol. The number of piperidine rings is 1. The normalized spacial score (nSPS) is 28.2. The van der Waals surface area contributed by atoms with Crippen LogP contribution in [-0.2, 0) is 9.47 Å². The van der Waals surface area contributed by atoms with Crippen molar-refractivity contribution in [1.29, 1.82) is 0 Å². The van der Waals surface area contributed by atoms with Crippen LogP contribution in [0.3, 0.4) is 0 Å². The second kappa shape index (κ2) is 7.05. The van der Waals surface area contributed by atoms with Crippen LogP contribution in [0.4, 0.5) is 25.4 Å². The van der Waals surface area contributed by atoms with Gasteiger partial charge in [-0.2, -0.15) is 0 Å². The summed E-state index contributed by atoms with van der Waals surface area (Å²) in [6.45, 7) is 6.69. The molecule has 1 saturated carbocycles. The zero-order chi connectivity index (χ0) is 20.9. The van der Waals surface area contributed by atoms with Crippen LogP contribution in [0.2, 0.25) is 0 Å². The molecule has 2 aliphatic heterocycles. The van der Waals surface area contributed by atoms with Gasteiger partial charge < -0.3 is 24.8 Å². The number of benzene rings is 1. The quantitative estimate of drug-likeness (QED) is 0.794. The Balaban J connectivity index is 1.35. The topological polar surface area (TPSA) is 91.3 Å². The predicted molar refractivity (Wildman–Crippen MR) is 103 cm³/mol. The molecule has 3 atom stereocenters. The van der Waals surface area contributed by atoms with Crippen LogP contribution < -0.4 is 15.1 Å². The largest absolute Gasteiger partial charge is 0.444 e. The molecule has 2 N–H and O–H groups in total. The lowest BCUT2D eigenvalue weighted by Gasteiger charge is -2.25. The number of alkyl carbamates (subject to hydrolysis) is 1. The zero-order valence-corrected chi connectivity index (χ0v) is 16.7. The lowest BCUT2D eigenvalue weighted by Crippen LogP contribution is -2.38. The number of nitrogens with zero attached hydrogens (tertiary/aromatic N) is 2. The second-order valence-corrected chi connectivity index (χ2v) is 8.84. The van der Waals surface area contributed by atoms with E-state index in [-0.39, 0.29) is 31.0 Å². The number of cyclic esters (lactones) is 1. The molecule has 1 aliphatic carbocycles. The summed E-state index contributed by atoms with van der Waals surface area (Å²) in [4.78, 5) is 27.1. The number of anilines is 2. The van der Waals surface area contributed by atoms with Crippen molar-refractivity contribution in [2.45, 2.75) is 38.5 Å². The lowest BCUT2D eigenvalue weighted by molar-refractivity contribution is 0.0518. The minimum atomic E-state index is -0.592. The minimum absolute atomic E-state index is 0.0678. The Morgan fingerprint density at radius 1 is 1.31 bits per heavy atom. The third-order valence-electron chi connectivity index (χ3n) is 5.54. The van der Waals surface area contributed by atoms with Crippen molar-refractivity contribution in [3.05, 3.63) is 24.0 Å². The average Bonchev–Trinajstić information content (AvgIpc) is 2.98. The number of carbonyl (C=O) groups is 2.